The predicted molar refractivity (Wildman–Crippen MR) is 85.8 cm³/mol. The van der Waals surface area contributed by atoms with Crippen molar-refractivity contribution in [1.82, 2.24) is 0 Å². The van der Waals surface area contributed by atoms with Gasteiger partial charge in [0.1, 0.15) is 0 Å². The summed E-state index contributed by atoms with van der Waals surface area (Å²) >= 11 is 0. The molecule has 0 atom stereocenters. The van der Waals surface area contributed by atoms with Crippen LogP contribution < -0.4 is 52.5 Å². The molecule has 0 spiro atoms. The van der Waals surface area contributed by atoms with E-state index in [9.17, 15) is 0 Å². The molecule has 0 bridgehead atoms. The van der Waals surface area contributed by atoms with Gasteiger partial charge in [0, 0.05) is 22.7 Å². The number of anilines is 4. The van der Waals surface area contributed by atoms with Crippen LogP contribution in [0.3, 0.4) is 0 Å². The zero-order chi connectivity index (χ0) is 16.5. The Balaban J connectivity index is -0.000000258. The van der Waals surface area contributed by atoms with E-state index in [1.807, 2.05) is 0 Å². The van der Waals surface area contributed by atoms with Gasteiger partial charge in [0.15, 0.2) is 0 Å². The minimum absolute atomic E-state index is 0. The molecule has 2 aromatic rings. The molecular formula is C12H19N4NaO4S. The number of nitrogens with two attached hydrogens (primary N) is 4. The molecule has 0 fully saturated rings. The van der Waals surface area contributed by atoms with Gasteiger partial charge in [-0.1, -0.05) is 0 Å². The summed E-state index contributed by atoms with van der Waals surface area (Å²) < 4.78 is 31.6. The van der Waals surface area contributed by atoms with E-state index in [1.165, 1.54) is 0 Å². The minimum Gasteiger partial charge on any atom is -1.00 e. The minimum atomic E-state index is -4.67. The van der Waals surface area contributed by atoms with E-state index >= 15 is 0 Å². The Morgan fingerprint density at radius 2 is 0.727 bits per heavy atom. The second-order valence-electron chi connectivity index (χ2n) is 3.78. The molecular weight excluding hydrogens is 319 g/mol. The molecule has 2 rings (SSSR count). The molecule has 0 aromatic heterocycles. The first-order chi connectivity index (χ1) is 9.58. The number of nitrogen functional groups attached to an aromatic ring is 4. The summed E-state index contributed by atoms with van der Waals surface area (Å²) in [5, 5.41) is 0. The summed E-state index contributed by atoms with van der Waals surface area (Å²) in [5.74, 6) is 0. The Bertz CT molecular complexity index is 546. The maximum absolute atomic E-state index is 8.74. The van der Waals surface area contributed by atoms with Gasteiger partial charge >= 0.3 is 40.0 Å². The molecule has 0 aliphatic heterocycles. The van der Waals surface area contributed by atoms with E-state index in [2.05, 4.69) is 0 Å². The summed E-state index contributed by atoms with van der Waals surface area (Å²) in [7, 11) is -4.67. The van der Waals surface area contributed by atoms with Crippen LogP contribution in [-0.2, 0) is 10.4 Å². The first-order valence-electron chi connectivity index (χ1n) is 5.50. The van der Waals surface area contributed by atoms with Gasteiger partial charge in [-0.3, -0.25) is 9.11 Å². The van der Waals surface area contributed by atoms with Crippen LogP contribution in [0.25, 0.3) is 0 Å². The van der Waals surface area contributed by atoms with Crippen molar-refractivity contribution in [3.8, 4) is 0 Å². The molecule has 0 amide bonds. The zero-order valence-electron chi connectivity index (χ0n) is 13.0. The van der Waals surface area contributed by atoms with Crippen LogP contribution in [0.1, 0.15) is 1.43 Å². The summed E-state index contributed by atoms with van der Waals surface area (Å²) in [6.07, 6.45) is 0. The summed E-state index contributed by atoms with van der Waals surface area (Å²) in [5.41, 5.74) is 24.5. The van der Waals surface area contributed by atoms with Crippen LogP contribution in [0.5, 0.6) is 0 Å². The Hall–Kier alpha value is -1.49. The molecule has 0 heterocycles. The van der Waals surface area contributed by atoms with Crippen LogP contribution in [0.15, 0.2) is 48.5 Å². The monoisotopic (exact) mass is 338 g/mol. The van der Waals surface area contributed by atoms with E-state index in [4.69, 9.17) is 40.5 Å². The van der Waals surface area contributed by atoms with Crippen molar-refractivity contribution in [2.45, 2.75) is 0 Å². The van der Waals surface area contributed by atoms with E-state index in [0.29, 0.717) is 0 Å². The van der Waals surface area contributed by atoms with E-state index in [1.54, 1.807) is 48.5 Å². The molecule has 22 heavy (non-hydrogen) atoms. The molecule has 10 N–H and O–H groups in total. The summed E-state index contributed by atoms with van der Waals surface area (Å²) in [4.78, 5) is 0. The average molecular weight is 338 g/mol. The Kier molecular flexibility index (Phi) is 11.5. The predicted octanol–water partition coefficient (Wildman–Crippen LogP) is -1.83. The Morgan fingerprint density at radius 3 is 0.818 bits per heavy atom. The number of hydrogen-bond donors (Lipinski definition) is 6. The second-order valence-corrected chi connectivity index (χ2v) is 4.68. The molecule has 0 saturated carbocycles. The van der Waals surface area contributed by atoms with E-state index in [-0.39, 0.29) is 31.0 Å². The first kappa shape index (κ1) is 22.8. The van der Waals surface area contributed by atoms with Gasteiger partial charge in [-0.25, -0.2) is 0 Å². The maximum Gasteiger partial charge on any atom is 1.00 e. The molecule has 118 valence electrons. The quantitative estimate of drug-likeness (QED) is 0.184. The van der Waals surface area contributed by atoms with E-state index < -0.39 is 10.4 Å². The molecule has 0 unspecified atom stereocenters. The van der Waals surface area contributed by atoms with Gasteiger partial charge in [-0.2, -0.15) is 8.42 Å². The van der Waals surface area contributed by atoms with Crippen molar-refractivity contribution in [2.75, 3.05) is 22.9 Å². The van der Waals surface area contributed by atoms with Crippen molar-refractivity contribution < 1.29 is 48.5 Å². The zero-order valence-corrected chi connectivity index (χ0v) is 14.9. The van der Waals surface area contributed by atoms with Crippen molar-refractivity contribution >= 4 is 33.1 Å². The normalized spacial score (nSPS) is 9.18. The fraction of sp³-hybridized carbons (Fsp3) is 0. The third kappa shape index (κ3) is 16.6. The standard InChI is InChI=1S/2C6H8N2.Na.H2O4S.H/c2*7-5-1-2-6(8)4-3-5;;1-5(2,3)4;/h2*1-4H,7-8H2;;(H2,1,2,3,4);/q;;+1;;-1. The molecule has 0 saturated heterocycles. The fourth-order valence-corrected chi connectivity index (χ4v) is 0.992. The molecule has 10 heteroatoms. The number of rotatable bonds is 0. The molecule has 0 aliphatic carbocycles. The maximum atomic E-state index is 8.74. The van der Waals surface area contributed by atoms with Crippen LogP contribution in [0, 0.1) is 0 Å². The van der Waals surface area contributed by atoms with E-state index in [0.717, 1.165) is 22.7 Å². The van der Waals surface area contributed by atoms with Gasteiger partial charge in [0.25, 0.3) is 0 Å². The molecule has 0 aliphatic rings. The second kappa shape index (κ2) is 11.1. The summed E-state index contributed by atoms with van der Waals surface area (Å²) in [6.45, 7) is 0. The molecule has 2 aromatic carbocycles. The third-order valence-electron chi connectivity index (χ3n) is 1.87. The Labute approximate surface area is 152 Å². The molecule has 0 radical (unpaired) electrons. The van der Waals surface area contributed by atoms with Crippen molar-refractivity contribution in [2.24, 2.45) is 0 Å². The van der Waals surface area contributed by atoms with Crippen molar-refractivity contribution in [3.63, 3.8) is 0 Å². The largest absolute Gasteiger partial charge is 1.00 e. The van der Waals surface area contributed by atoms with Gasteiger partial charge in [0.05, 0.1) is 0 Å². The Morgan fingerprint density at radius 1 is 0.636 bits per heavy atom. The number of benzene rings is 2. The number of hydrogen-bond acceptors (Lipinski definition) is 6. The van der Waals surface area contributed by atoms with Crippen molar-refractivity contribution in [3.05, 3.63) is 48.5 Å². The fourth-order valence-electron chi connectivity index (χ4n) is 0.992. The summed E-state index contributed by atoms with van der Waals surface area (Å²) in [6, 6.07) is 14.2. The molecule has 8 nitrogen and oxygen atoms in total. The van der Waals surface area contributed by atoms with Gasteiger partial charge in [-0.15, -0.1) is 0 Å². The van der Waals surface area contributed by atoms with Crippen LogP contribution in [0.2, 0.25) is 0 Å². The van der Waals surface area contributed by atoms with Gasteiger partial charge in [0.2, 0.25) is 0 Å². The first-order valence-corrected chi connectivity index (χ1v) is 6.89. The van der Waals surface area contributed by atoms with Gasteiger partial charge < -0.3 is 24.4 Å². The van der Waals surface area contributed by atoms with Gasteiger partial charge in [-0.05, 0) is 48.5 Å². The van der Waals surface area contributed by atoms with Crippen LogP contribution in [-0.4, -0.2) is 17.5 Å². The van der Waals surface area contributed by atoms with Crippen LogP contribution in [0.4, 0.5) is 22.7 Å². The topological polar surface area (TPSA) is 179 Å². The SMILES string of the molecule is Nc1ccc(N)cc1.Nc1ccc(N)cc1.O=S(=O)(O)O.[H-].[Na+]. The average Bonchev–Trinajstić information content (AvgIpc) is 2.35. The smallest absolute Gasteiger partial charge is 1.00 e. The van der Waals surface area contributed by atoms with Crippen LogP contribution >= 0.6 is 0 Å². The third-order valence-corrected chi connectivity index (χ3v) is 1.87. The van der Waals surface area contributed by atoms with Crippen molar-refractivity contribution in [1.29, 1.82) is 0 Å².